The monoisotopic (exact) mass is 434 g/mol. The first-order valence-corrected chi connectivity index (χ1v) is 11.2. The predicted molar refractivity (Wildman–Crippen MR) is 122 cm³/mol. The molecule has 2 aromatic heterocycles. The first-order valence-electron chi connectivity index (χ1n) is 11.2. The van der Waals surface area contributed by atoms with Gasteiger partial charge in [-0.25, -0.2) is 9.48 Å². The van der Waals surface area contributed by atoms with E-state index in [0.29, 0.717) is 38.9 Å². The van der Waals surface area contributed by atoms with Crippen molar-refractivity contribution < 1.29 is 4.79 Å². The highest BCUT2D eigenvalue weighted by Crippen LogP contribution is 2.18. The summed E-state index contributed by atoms with van der Waals surface area (Å²) < 4.78 is 3.23. The van der Waals surface area contributed by atoms with E-state index < -0.39 is 0 Å². The van der Waals surface area contributed by atoms with Gasteiger partial charge in [0.2, 0.25) is 5.91 Å². The zero-order valence-electron chi connectivity index (χ0n) is 18.5. The number of amides is 1. The van der Waals surface area contributed by atoms with Crippen LogP contribution in [0.5, 0.6) is 0 Å². The fraction of sp³-hybridized carbons (Fsp3) is 0.417. The Balaban J connectivity index is 1.26. The Hall–Kier alpha value is -3.26. The summed E-state index contributed by atoms with van der Waals surface area (Å²) in [5.74, 6) is 0.743. The minimum absolute atomic E-state index is 0.0703. The number of aryl methyl sites for hydroxylation is 1. The van der Waals surface area contributed by atoms with Gasteiger partial charge in [0.15, 0.2) is 0 Å². The topological polar surface area (TPSA) is 85.1 Å². The van der Waals surface area contributed by atoms with Crippen LogP contribution in [0.25, 0.3) is 0 Å². The van der Waals surface area contributed by atoms with E-state index >= 15 is 0 Å². The second-order valence-electron chi connectivity index (χ2n) is 8.40. The zero-order valence-corrected chi connectivity index (χ0v) is 18.5. The van der Waals surface area contributed by atoms with E-state index in [4.69, 9.17) is 0 Å². The number of hydrogen-bond donors (Lipinski definition) is 1. The Labute approximate surface area is 187 Å². The molecule has 3 aromatic rings. The highest BCUT2D eigenvalue weighted by atomic mass is 16.2. The molecule has 8 nitrogen and oxygen atoms in total. The molecule has 0 saturated carbocycles. The van der Waals surface area contributed by atoms with Crippen LogP contribution in [0.1, 0.15) is 29.8 Å². The smallest absolute Gasteiger partial charge is 0.346 e. The van der Waals surface area contributed by atoms with Gasteiger partial charge in [0.25, 0.3) is 0 Å². The van der Waals surface area contributed by atoms with Gasteiger partial charge in [-0.15, -0.1) is 0 Å². The van der Waals surface area contributed by atoms with Crippen molar-refractivity contribution in [3.05, 3.63) is 82.3 Å². The lowest BCUT2D eigenvalue weighted by Crippen LogP contribution is -2.36. The number of hydrogen-bond acceptors (Lipinski definition) is 5. The van der Waals surface area contributed by atoms with Crippen molar-refractivity contribution in [3.63, 3.8) is 0 Å². The van der Waals surface area contributed by atoms with E-state index in [1.807, 2.05) is 30.3 Å². The molecule has 1 unspecified atom stereocenters. The van der Waals surface area contributed by atoms with Crippen LogP contribution >= 0.6 is 0 Å². The third-order valence-electron chi connectivity index (χ3n) is 5.96. The SMILES string of the molecule is CN(CCNC(=O)C1CCc2nn(Cc3ccncc3)c(=O)n2CC1)Cc1ccccc1. The van der Waals surface area contributed by atoms with Crippen molar-refractivity contribution in [2.24, 2.45) is 5.92 Å². The van der Waals surface area contributed by atoms with Crippen LogP contribution < -0.4 is 11.0 Å². The number of nitrogens with one attached hydrogen (secondary N) is 1. The molecule has 0 bridgehead atoms. The van der Waals surface area contributed by atoms with Gasteiger partial charge in [-0.3, -0.25) is 14.3 Å². The summed E-state index contributed by atoms with van der Waals surface area (Å²) in [6, 6.07) is 14.1. The van der Waals surface area contributed by atoms with Crippen LogP contribution in [-0.4, -0.2) is 50.3 Å². The Kier molecular flexibility index (Phi) is 7.11. The van der Waals surface area contributed by atoms with Crippen LogP contribution in [0.3, 0.4) is 0 Å². The predicted octanol–water partition coefficient (Wildman–Crippen LogP) is 1.69. The zero-order chi connectivity index (χ0) is 22.3. The highest BCUT2D eigenvalue weighted by molar-refractivity contribution is 5.78. The highest BCUT2D eigenvalue weighted by Gasteiger charge is 2.25. The maximum Gasteiger partial charge on any atom is 0.346 e. The van der Waals surface area contributed by atoms with Crippen LogP contribution in [0.15, 0.2) is 59.7 Å². The van der Waals surface area contributed by atoms with Crippen LogP contribution in [-0.2, 0) is 30.8 Å². The van der Waals surface area contributed by atoms with E-state index in [0.717, 1.165) is 24.5 Å². The van der Waals surface area contributed by atoms with Crippen LogP contribution in [0, 0.1) is 5.92 Å². The Morgan fingerprint density at radius 3 is 2.69 bits per heavy atom. The van der Waals surface area contributed by atoms with Crippen LogP contribution in [0.4, 0.5) is 0 Å². The number of pyridine rings is 1. The number of rotatable bonds is 8. The number of benzene rings is 1. The minimum atomic E-state index is -0.111. The number of carbonyl (C=O) groups excluding carboxylic acids is 1. The Morgan fingerprint density at radius 1 is 1.12 bits per heavy atom. The van der Waals surface area contributed by atoms with Gasteiger partial charge in [0.05, 0.1) is 6.54 Å². The molecule has 1 amide bonds. The molecule has 1 aromatic carbocycles. The first-order chi connectivity index (χ1) is 15.6. The Morgan fingerprint density at radius 2 is 1.91 bits per heavy atom. The summed E-state index contributed by atoms with van der Waals surface area (Å²) >= 11 is 0. The first kappa shape index (κ1) is 22.0. The maximum atomic E-state index is 12.8. The molecule has 0 radical (unpaired) electrons. The summed E-state index contributed by atoms with van der Waals surface area (Å²) in [7, 11) is 2.06. The lowest BCUT2D eigenvalue weighted by Gasteiger charge is -2.19. The van der Waals surface area contributed by atoms with Gasteiger partial charge in [-0.2, -0.15) is 5.10 Å². The molecule has 0 aliphatic carbocycles. The van der Waals surface area contributed by atoms with Crippen molar-refractivity contribution in [3.8, 4) is 0 Å². The molecule has 0 fully saturated rings. The fourth-order valence-electron chi connectivity index (χ4n) is 4.14. The van der Waals surface area contributed by atoms with E-state index in [9.17, 15) is 9.59 Å². The van der Waals surface area contributed by atoms with E-state index in [1.165, 1.54) is 10.2 Å². The second kappa shape index (κ2) is 10.4. The molecular formula is C24H30N6O2. The second-order valence-corrected chi connectivity index (χ2v) is 8.40. The molecular weight excluding hydrogens is 404 g/mol. The molecule has 168 valence electrons. The largest absolute Gasteiger partial charge is 0.355 e. The Bertz CT molecular complexity index is 1080. The molecule has 32 heavy (non-hydrogen) atoms. The average Bonchev–Trinajstić information content (AvgIpc) is 2.96. The molecule has 0 spiro atoms. The quantitative estimate of drug-likeness (QED) is 0.583. The summed E-state index contributed by atoms with van der Waals surface area (Å²) in [5, 5.41) is 7.61. The van der Waals surface area contributed by atoms with Gasteiger partial charge in [-0.1, -0.05) is 30.3 Å². The van der Waals surface area contributed by atoms with E-state index in [2.05, 4.69) is 39.5 Å². The lowest BCUT2D eigenvalue weighted by molar-refractivity contribution is -0.125. The third kappa shape index (κ3) is 5.50. The number of nitrogens with zero attached hydrogens (tertiary/aromatic N) is 5. The molecule has 4 rings (SSSR count). The van der Waals surface area contributed by atoms with Gasteiger partial charge >= 0.3 is 5.69 Å². The average molecular weight is 435 g/mol. The molecule has 1 aliphatic rings. The molecule has 1 N–H and O–H groups in total. The molecule has 0 saturated heterocycles. The summed E-state index contributed by atoms with van der Waals surface area (Å²) in [6.45, 7) is 3.21. The van der Waals surface area contributed by atoms with Crippen molar-refractivity contribution in [1.82, 2.24) is 29.5 Å². The number of fused-ring (bicyclic) bond motifs is 1. The normalized spacial score (nSPS) is 15.9. The summed E-state index contributed by atoms with van der Waals surface area (Å²) in [6.07, 6.45) is 5.41. The van der Waals surface area contributed by atoms with E-state index in [-0.39, 0.29) is 17.5 Å². The maximum absolute atomic E-state index is 12.8. The van der Waals surface area contributed by atoms with Gasteiger partial charge < -0.3 is 10.2 Å². The minimum Gasteiger partial charge on any atom is -0.355 e. The van der Waals surface area contributed by atoms with Gasteiger partial charge in [-0.05, 0) is 43.1 Å². The molecule has 1 aliphatic heterocycles. The fourth-order valence-corrected chi connectivity index (χ4v) is 4.14. The molecule has 8 heteroatoms. The number of carbonyl (C=O) groups is 1. The van der Waals surface area contributed by atoms with Crippen molar-refractivity contribution in [1.29, 1.82) is 0 Å². The van der Waals surface area contributed by atoms with E-state index in [1.54, 1.807) is 17.0 Å². The van der Waals surface area contributed by atoms with Crippen molar-refractivity contribution in [2.75, 3.05) is 20.1 Å². The summed E-state index contributed by atoms with van der Waals surface area (Å²) in [4.78, 5) is 31.7. The lowest BCUT2D eigenvalue weighted by atomic mass is 9.99. The third-order valence-corrected chi connectivity index (χ3v) is 5.96. The number of likely N-dealkylation sites (N-methyl/N-ethyl adjacent to an activating group) is 1. The molecule has 3 heterocycles. The van der Waals surface area contributed by atoms with Gasteiger partial charge in [0.1, 0.15) is 5.82 Å². The summed E-state index contributed by atoms with van der Waals surface area (Å²) in [5.41, 5.74) is 2.14. The standard InChI is InChI=1S/C24H30N6O2/c1-28(17-19-5-3-2-4-6-19)16-14-26-23(31)21-7-8-22-27-30(24(32)29(22)15-11-21)18-20-9-12-25-13-10-20/h2-6,9-10,12-13,21H,7-8,11,14-18H2,1H3,(H,26,31). The van der Waals surface area contributed by atoms with Crippen molar-refractivity contribution in [2.45, 2.75) is 38.9 Å². The molecule has 1 atom stereocenters. The van der Waals surface area contributed by atoms with Crippen LogP contribution in [0.2, 0.25) is 0 Å². The van der Waals surface area contributed by atoms with Crippen molar-refractivity contribution >= 4 is 5.91 Å². The number of aromatic nitrogens is 4. The van der Waals surface area contributed by atoms with Gasteiger partial charge in [0, 0.05) is 50.9 Å².